The molecule has 0 amide bonds. The van der Waals surface area contributed by atoms with E-state index < -0.39 is 11.0 Å². The van der Waals surface area contributed by atoms with E-state index in [1.165, 1.54) is 6.20 Å². The molecule has 1 atom stereocenters. The van der Waals surface area contributed by atoms with Crippen molar-refractivity contribution in [3.63, 3.8) is 0 Å². The molecule has 0 aliphatic rings. The molecule has 2 aromatic carbocycles. The van der Waals surface area contributed by atoms with Gasteiger partial charge in [-0.1, -0.05) is 24.3 Å². The van der Waals surface area contributed by atoms with Gasteiger partial charge >= 0.3 is 0 Å². The maximum absolute atomic E-state index is 13.4. The van der Waals surface area contributed by atoms with Crippen LogP contribution in [0.1, 0.15) is 18.2 Å². The van der Waals surface area contributed by atoms with Crippen molar-refractivity contribution in [3.8, 4) is 0 Å². The lowest BCUT2D eigenvalue weighted by molar-refractivity contribution is 0.670. The molecule has 0 radical (unpaired) electrons. The van der Waals surface area contributed by atoms with Crippen LogP contribution in [0.4, 0.5) is 0 Å². The predicted octanol–water partition coefficient (Wildman–Crippen LogP) is 2.52. The standard InChI is InChI=1S/C25H23N5O2S.H2O.H2/c1-27-13-20(12-26)19-11-23-24(29-14-19)8-7-18-6-5-17(10-22(18)25(23)31)16-33(32)30-15-21-4-2-3-9-28-21;;/h2-14,30H,15-16,26H2,1H3;1H2;1H/b20-12+,27-13?;;. The number of hydrogen-bond acceptors (Lipinski definition) is 6. The predicted molar refractivity (Wildman–Crippen MR) is 141 cm³/mol. The number of nitrogens with zero attached hydrogens (tertiary/aromatic N) is 3. The summed E-state index contributed by atoms with van der Waals surface area (Å²) in [7, 11) is 0.340. The smallest absolute Gasteiger partial charge is 0.195 e. The van der Waals surface area contributed by atoms with Gasteiger partial charge in [0.25, 0.3) is 0 Å². The minimum absolute atomic E-state index is 0. The lowest BCUT2D eigenvalue weighted by Gasteiger charge is -2.05. The van der Waals surface area contributed by atoms with Gasteiger partial charge in [0.2, 0.25) is 0 Å². The van der Waals surface area contributed by atoms with Crippen LogP contribution in [0.2, 0.25) is 0 Å². The normalized spacial score (nSPS) is 12.7. The van der Waals surface area contributed by atoms with Crippen LogP contribution in [0, 0.1) is 0 Å². The summed E-state index contributed by atoms with van der Waals surface area (Å²) in [6.45, 7) is 0.403. The zero-order chi connectivity index (χ0) is 23.2. The quantitative estimate of drug-likeness (QED) is 0.393. The van der Waals surface area contributed by atoms with E-state index >= 15 is 0 Å². The van der Waals surface area contributed by atoms with Crippen LogP contribution in [-0.2, 0) is 23.3 Å². The molecule has 4 aromatic rings. The number of fused-ring (bicyclic) bond motifs is 2. The third kappa shape index (κ3) is 5.57. The zero-order valence-electron chi connectivity index (χ0n) is 18.6. The molecule has 0 aliphatic heterocycles. The first-order chi connectivity index (χ1) is 16.1. The van der Waals surface area contributed by atoms with Crippen molar-refractivity contribution < 1.29 is 11.1 Å². The first-order valence-electron chi connectivity index (χ1n) is 10.3. The summed E-state index contributed by atoms with van der Waals surface area (Å²) in [6.07, 6.45) is 6.44. The van der Waals surface area contributed by atoms with Gasteiger partial charge in [0.05, 0.1) is 34.5 Å². The zero-order valence-corrected chi connectivity index (χ0v) is 19.4. The van der Waals surface area contributed by atoms with Crippen molar-refractivity contribution in [2.45, 2.75) is 12.3 Å². The summed E-state index contributed by atoms with van der Waals surface area (Å²) in [4.78, 5) is 26.1. The molecule has 2 heterocycles. The van der Waals surface area contributed by atoms with Gasteiger partial charge in [-0.25, -0.2) is 8.93 Å². The maximum atomic E-state index is 13.4. The average molecular weight is 478 g/mol. The average Bonchev–Trinajstić information content (AvgIpc) is 2.98. The van der Waals surface area contributed by atoms with Gasteiger partial charge in [-0.05, 0) is 41.3 Å². The highest BCUT2D eigenvalue weighted by Gasteiger charge is 2.09. The van der Waals surface area contributed by atoms with Crippen molar-refractivity contribution in [1.29, 1.82) is 0 Å². The third-order valence-corrected chi connectivity index (χ3v) is 6.23. The fourth-order valence-corrected chi connectivity index (χ4v) is 4.40. The molecule has 0 spiro atoms. The van der Waals surface area contributed by atoms with Crippen LogP contribution in [0.15, 0.2) is 83.0 Å². The number of allylic oxidation sites excluding steroid dienone is 1. The molecule has 4 rings (SSSR count). The molecular weight excluding hydrogens is 450 g/mol. The van der Waals surface area contributed by atoms with Crippen LogP contribution in [0.25, 0.3) is 27.2 Å². The van der Waals surface area contributed by atoms with Crippen LogP contribution in [-0.4, -0.2) is 32.9 Å². The topological polar surface area (TPSA) is 142 Å². The van der Waals surface area contributed by atoms with Crippen molar-refractivity contribution in [2.24, 2.45) is 10.7 Å². The van der Waals surface area contributed by atoms with E-state index in [0.717, 1.165) is 16.6 Å². The molecule has 8 nitrogen and oxygen atoms in total. The van der Waals surface area contributed by atoms with Crippen LogP contribution in [0.5, 0.6) is 0 Å². The molecule has 5 N–H and O–H groups in total. The van der Waals surface area contributed by atoms with Crippen LogP contribution in [0.3, 0.4) is 0 Å². The van der Waals surface area contributed by atoms with E-state index in [1.807, 2.05) is 42.5 Å². The number of aliphatic imine (C=N–C) groups is 1. The lowest BCUT2D eigenvalue weighted by Crippen LogP contribution is -2.18. The summed E-state index contributed by atoms with van der Waals surface area (Å²) in [6, 6.07) is 16.6. The minimum Gasteiger partial charge on any atom is -0.412 e. The van der Waals surface area contributed by atoms with Crippen molar-refractivity contribution in [3.05, 3.63) is 100 Å². The van der Waals surface area contributed by atoms with Crippen LogP contribution < -0.4 is 15.9 Å². The Labute approximate surface area is 200 Å². The Hall–Kier alpha value is -3.79. The van der Waals surface area contributed by atoms with Gasteiger partial charge in [-0.2, -0.15) is 0 Å². The Bertz CT molecular complexity index is 1460. The number of benzene rings is 1. The Kier molecular flexibility index (Phi) is 8.31. The van der Waals surface area contributed by atoms with Crippen molar-refractivity contribution >= 4 is 44.4 Å². The summed E-state index contributed by atoms with van der Waals surface area (Å²) in [5.74, 6) is 0.273. The summed E-state index contributed by atoms with van der Waals surface area (Å²) in [5, 5.41) is 1.82. The Morgan fingerprint density at radius 2 is 1.97 bits per heavy atom. The first-order valence-corrected chi connectivity index (χ1v) is 11.6. The largest absolute Gasteiger partial charge is 0.412 e. The number of aromatic nitrogens is 2. The van der Waals surface area contributed by atoms with E-state index in [2.05, 4.69) is 19.7 Å². The number of rotatable bonds is 7. The maximum Gasteiger partial charge on any atom is 0.195 e. The van der Waals surface area contributed by atoms with E-state index in [4.69, 9.17) is 5.73 Å². The van der Waals surface area contributed by atoms with Gasteiger partial charge in [0, 0.05) is 55.2 Å². The summed E-state index contributed by atoms with van der Waals surface area (Å²) in [5.41, 5.74) is 9.17. The molecule has 0 saturated carbocycles. The summed E-state index contributed by atoms with van der Waals surface area (Å²) < 4.78 is 15.5. The highest BCUT2D eigenvalue weighted by Crippen LogP contribution is 2.19. The molecule has 0 saturated heterocycles. The van der Waals surface area contributed by atoms with Gasteiger partial charge in [-0.3, -0.25) is 19.8 Å². The second kappa shape index (κ2) is 11.4. The number of pyridine rings is 2. The van der Waals surface area contributed by atoms with Gasteiger partial charge in [0.15, 0.2) is 5.43 Å². The summed E-state index contributed by atoms with van der Waals surface area (Å²) >= 11 is 0. The monoisotopic (exact) mass is 477 g/mol. The second-order valence-corrected chi connectivity index (χ2v) is 8.65. The molecule has 9 heteroatoms. The highest BCUT2D eigenvalue weighted by molar-refractivity contribution is 7.82. The lowest BCUT2D eigenvalue weighted by atomic mass is 10.1. The number of hydrogen-bond donors (Lipinski definition) is 2. The molecule has 1 unspecified atom stereocenters. The van der Waals surface area contributed by atoms with E-state index in [1.54, 1.807) is 37.8 Å². The molecule has 0 aliphatic carbocycles. The molecule has 0 bridgehead atoms. The van der Waals surface area contributed by atoms with E-state index in [-0.39, 0.29) is 18.1 Å². The molecule has 34 heavy (non-hydrogen) atoms. The van der Waals surface area contributed by atoms with E-state index in [9.17, 15) is 9.00 Å². The fourth-order valence-electron chi connectivity index (χ4n) is 3.51. The Balaban J connectivity index is 0.00000216. The van der Waals surface area contributed by atoms with Crippen molar-refractivity contribution in [2.75, 3.05) is 7.05 Å². The second-order valence-electron chi connectivity index (χ2n) is 7.38. The first kappa shape index (κ1) is 24.8. The Morgan fingerprint density at radius 1 is 1.15 bits per heavy atom. The van der Waals surface area contributed by atoms with Gasteiger partial charge in [0.1, 0.15) is 0 Å². The van der Waals surface area contributed by atoms with E-state index in [0.29, 0.717) is 34.0 Å². The number of nitrogens with two attached hydrogens (primary N) is 1. The highest BCUT2D eigenvalue weighted by atomic mass is 32.2. The van der Waals surface area contributed by atoms with Crippen LogP contribution >= 0.6 is 0 Å². The van der Waals surface area contributed by atoms with Crippen molar-refractivity contribution in [1.82, 2.24) is 14.7 Å². The SMILES string of the molecule is CN=C/C(=C\N)c1cnc2ccc3ccc(CS(=O)NCc4ccccn4)cc3c(=O)c2c1.O.[HH]. The molecule has 2 aromatic heterocycles. The molecular formula is C25H27N5O3S. The van der Waals surface area contributed by atoms with Gasteiger partial charge in [-0.15, -0.1) is 0 Å². The minimum atomic E-state index is -1.31. The Morgan fingerprint density at radius 3 is 2.71 bits per heavy atom. The number of nitrogens with one attached hydrogen (secondary N) is 1. The third-order valence-electron chi connectivity index (χ3n) is 5.17. The fraction of sp³-hybridized carbons (Fsp3) is 0.120. The molecule has 0 fully saturated rings. The van der Waals surface area contributed by atoms with Gasteiger partial charge < -0.3 is 11.2 Å². The molecule has 176 valence electrons.